The van der Waals surface area contributed by atoms with Gasteiger partial charge in [-0.2, -0.15) is 0 Å². The summed E-state index contributed by atoms with van der Waals surface area (Å²) in [6.07, 6.45) is 0.0972. The van der Waals surface area contributed by atoms with Crippen molar-refractivity contribution >= 4 is 5.97 Å². The minimum Gasteiger partial charge on any atom is -0.481 e. The van der Waals surface area contributed by atoms with Crippen LogP contribution in [0.5, 0.6) is 0 Å². The Balaban J connectivity index is 3.25. The van der Waals surface area contributed by atoms with E-state index in [1.54, 1.807) is 6.92 Å². The van der Waals surface area contributed by atoms with Gasteiger partial charge in [0.05, 0.1) is 13.0 Å². The molecule has 1 atom stereocenters. The van der Waals surface area contributed by atoms with Crippen LogP contribution < -0.4 is 5.32 Å². The number of aliphatic hydroxyl groups excluding tert-OH is 1. The molecule has 10 heavy (non-hydrogen) atoms. The number of aliphatic hydroxyl groups is 1. The van der Waals surface area contributed by atoms with Gasteiger partial charge in [0.25, 0.3) is 0 Å². The average molecular weight is 147 g/mol. The molecule has 0 heterocycles. The second-order valence-electron chi connectivity index (χ2n) is 2.18. The first-order chi connectivity index (χ1) is 4.66. The Morgan fingerprint density at radius 3 is 2.70 bits per heavy atom. The van der Waals surface area contributed by atoms with Gasteiger partial charge in [-0.05, 0) is 6.92 Å². The van der Waals surface area contributed by atoms with Crippen LogP contribution in [0.25, 0.3) is 0 Å². The highest BCUT2D eigenvalue weighted by Crippen LogP contribution is 1.88. The Morgan fingerprint density at radius 1 is 1.70 bits per heavy atom. The van der Waals surface area contributed by atoms with Crippen molar-refractivity contribution in [1.82, 2.24) is 5.32 Å². The molecule has 3 N–H and O–H groups in total. The van der Waals surface area contributed by atoms with Crippen molar-refractivity contribution in [2.75, 3.05) is 13.2 Å². The van der Waals surface area contributed by atoms with E-state index < -0.39 is 5.97 Å². The van der Waals surface area contributed by atoms with E-state index in [0.717, 1.165) is 0 Å². The first-order valence-corrected chi connectivity index (χ1v) is 3.23. The molecule has 0 saturated heterocycles. The van der Waals surface area contributed by atoms with Crippen LogP contribution in [0, 0.1) is 0 Å². The normalized spacial score (nSPS) is 13.0. The van der Waals surface area contributed by atoms with E-state index in [2.05, 4.69) is 5.32 Å². The summed E-state index contributed by atoms with van der Waals surface area (Å²) in [5, 5.41) is 19.5. The van der Waals surface area contributed by atoms with Crippen molar-refractivity contribution in [2.45, 2.75) is 19.4 Å². The zero-order valence-electron chi connectivity index (χ0n) is 6.00. The van der Waals surface area contributed by atoms with Crippen molar-refractivity contribution in [3.8, 4) is 0 Å². The van der Waals surface area contributed by atoms with Crippen LogP contribution in [-0.2, 0) is 4.79 Å². The van der Waals surface area contributed by atoms with Crippen LogP contribution in [0.1, 0.15) is 13.3 Å². The molecule has 0 aliphatic carbocycles. The number of carbonyl (C=O) groups is 1. The van der Waals surface area contributed by atoms with Gasteiger partial charge in [0.15, 0.2) is 0 Å². The molecule has 0 amide bonds. The molecule has 4 nitrogen and oxygen atoms in total. The van der Waals surface area contributed by atoms with Gasteiger partial charge in [-0.15, -0.1) is 0 Å². The van der Waals surface area contributed by atoms with E-state index in [0.29, 0.717) is 6.54 Å². The molecule has 0 unspecified atom stereocenters. The second-order valence-corrected chi connectivity index (χ2v) is 2.18. The number of carboxylic acids is 1. The summed E-state index contributed by atoms with van der Waals surface area (Å²) >= 11 is 0. The van der Waals surface area contributed by atoms with Crippen LogP contribution in [0.3, 0.4) is 0 Å². The fourth-order valence-electron chi connectivity index (χ4n) is 0.645. The first kappa shape index (κ1) is 9.39. The summed E-state index contributed by atoms with van der Waals surface area (Å²) in [5.74, 6) is -0.821. The lowest BCUT2D eigenvalue weighted by Gasteiger charge is -2.08. The van der Waals surface area contributed by atoms with E-state index in [9.17, 15) is 4.79 Å². The molecule has 0 aliphatic rings. The highest BCUT2D eigenvalue weighted by molar-refractivity contribution is 5.67. The third kappa shape index (κ3) is 5.53. The molecular weight excluding hydrogens is 134 g/mol. The topological polar surface area (TPSA) is 69.6 Å². The van der Waals surface area contributed by atoms with Crippen molar-refractivity contribution < 1.29 is 15.0 Å². The summed E-state index contributed by atoms with van der Waals surface area (Å²) in [5.41, 5.74) is 0. The van der Waals surface area contributed by atoms with Crippen LogP contribution >= 0.6 is 0 Å². The molecule has 60 valence electrons. The molecule has 0 fully saturated rings. The molecule has 0 aliphatic heterocycles. The number of nitrogens with one attached hydrogen (secondary N) is 1. The third-order valence-electron chi connectivity index (χ3n) is 1.09. The maximum Gasteiger partial charge on any atom is 0.304 e. The van der Waals surface area contributed by atoms with Crippen molar-refractivity contribution in [1.29, 1.82) is 0 Å². The molecular formula is C6H13NO3. The minimum absolute atomic E-state index is 0.0456. The lowest BCUT2D eigenvalue weighted by molar-refractivity contribution is -0.137. The summed E-state index contributed by atoms with van der Waals surface area (Å²) in [4.78, 5) is 10.1. The SMILES string of the molecule is C[C@@H](CC(=O)O)NCCO. The summed E-state index contributed by atoms with van der Waals surface area (Å²) in [7, 11) is 0. The fourth-order valence-corrected chi connectivity index (χ4v) is 0.645. The molecule has 0 spiro atoms. The van der Waals surface area contributed by atoms with Gasteiger partial charge in [0, 0.05) is 12.6 Å². The molecule has 0 aromatic heterocycles. The fraction of sp³-hybridized carbons (Fsp3) is 0.833. The zero-order chi connectivity index (χ0) is 7.98. The first-order valence-electron chi connectivity index (χ1n) is 3.23. The summed E-state index contributed by atoms with van der Waals surface area (Å²) in [6, 6.07) is -0.0651. The van der Waals surface area contributed by atoms with E-state index in [-0.39, 0.29) is 19.1 Å². The molecule has 0 rings (SSSR count). The second kappa shape index (κ2) is 5.20. The number of aliphatic carboxylic acids is 1. The highest BCUT2D eigenvalue weighted by atomic mass is 16.4. The van der Waals surface area contributed by atoms with E-state index in [4.69, 9.17) is 10.2 Å². The maximum absolute atomic E-state index is 10.1. The molecule has 0 aromatic rings. The van der Waals surface area contributed by atoms with Crippen molar-refractivity contribution in [3.05, 3.63) is 0 Å². The Morgan fingerprint density at radius 2 is 2.30 bits per heavy atom. The quantitative estimate of drug-likeness (QED) is 0.487. The molecule has 0 aromatic carbocycles. The average Bonchev–Trinajstić information content (AvgIpc) is 1.82. The Labute approximate surface area is 59.9 Å². The zero-order valence-corrected chi connectivity index (χ0v) is 6.00. The summed E-state index contributed by atoms with van der Waals surface area (Å²) < 4.78 is 0. The van der Waals surface area contributed by atoms with Gasteiger partial charge in [-0.25, -0.2) is 0 Å². The van der Waals surface area contributed by atoms with Gasteiger partial charge >= 0.3 is 5.97 Å². The van der Waals surface area contributed by atoms with E-state index in [1.807, 2.05) is 0 Å². The van der Waals surface area contributed by atoms with Crippen LogP contribution in [0.2, 0.25) is 0 Å². The van der Waals surface area contributed by atoms with Crippen LogP contribution in [0.4, 0.5) is 0 Å². The predicted octanol–water partition coefficient (Wildman–Crippen LogP) is -0.569. The van der Waals surface area contributed by atoms with Crippen LogP contribution in [-0.4, -0.2) is 35.4 Å². The lowest BCUT2D eigenvalue weighted by atomic mass is 10.2. The largest absolute Gasteiger partial charge is 0.481 e. The van der Waals surface area contributed by atoms with Crippen LogP contribution in [0.15, 0.2) is 0 Å². The predicted molar refractivity (Wildman–Crippen MR) is 36.8 cm³/mol. The Kier molecular flexibility index (Phi) is 4.88. The molecule has 0 radical (unpaired) electrons. The van der Waals surface area contributed by atoms with Gasteiger partial charge in [-0.1, -0.05) is 0 Å². The van der Waals surface area contributed by atoms with E-state index >= 15 is 0 Å². The third-order valence-corrected chi connectivity index (χ3v) is 1.09. The maximum atomic E-state index is 10.1. The molecule has 0 bridgehead atoms. The number of carboxylic acid groups (broad SMARTS) is 1. The number of hydrogen-bond acceptors (Lipinski definition) is 3. The number of rotatable bonds is 5. The van der Waals surface area contributed by atoms with E-state index in [1.165, 1.54) is 0 Å². The standard InChI is InChI=1S/C6H13NO3/c1-5(4-6(9)10)7-2-3-8/h5,7-8H,2-4H2,1H3,(H,9,10)/t5-/m0/s1. The Hall–Kier alpha value is -0.610. The lowest BCUT2D eigenvalue weighted by Crippen LogP contribution is -2.30. The number of hydrogen-bond donors (Lipinski definition) is 3. The van der Waals surface area contributed by atoms with Gasteiger partial charge in [0.2, 0.25) is 0 Å². The molecule has 0 saturated carbocycles. The Bertz CT molecular complexity index is 105. The smallest absolute Gasteiger partial charge is 0.304 e. The molecule has 4 heteroatoms. The van der Waals surface area contributed by atoms with Crippen molar-refractivity contribution in [3.63, 3.8) is 0 Å². The summed E-state index contributed by atoms with van der Waals surface area (Å²) in [6.45, 7) is 2.27. The van der Waals surface area contributed by atoms with Gasteiger partial charge < -0.3 is 15.5 Å². The monoisotopic (exact) mass is 147 g/mol. The minimum atomic E-state index is -0.821. The van der Waals surface area contributed by atoms with Gasteiger partial charge in [-0.3, -0.25) is 4.79 Å². The van der Waals surface area contributed by atoms with Gasteiger partial charge in [0.1, 0.15) is 0 Å². The highest BCUT2D eigenvalue weighted by Gasteiger charge is 2.04. The van der Waals surface area contributed by atoms with Crippen molar-refractivity contribution in [2.24, 2.45) is 0 Å².